The normalized spacial score (nSPS) is 10.4. The zero-order valence-corrected chi connectivity index (χ0v) is 7.03. The van der Waals surface area contributed by atoms with Crippen LogP contribution in [0.5, 0.6) is 0 Å². The molecule has 0 aliphatic rings. The van der Waals surface area contributed by atoms with Crippen LogP contribution in [0, 0.1) is 0 Å². The largest absolute Gasteiger partial charge is 0.327 e. The molecule has 0 aliphatic carbocycles. The van der Waals surface area contributed by atoms with Crippen LogP contribution in [0.2, 0.25) is 0 Å². The maximum Gasteiger partial charge on any atom is 0.0172 e. The first kappa shape index (κ1) is 8.75. The fourth-order valence-electron chi connectivity index (χ4n) is 0.846. The monoisotopic (exact) mass is 159 g/mol. The van der Waals surface area contributed by atoms with E-state index in [9.17, 15) is 0 Å². The molecule has 62 valence electrons. The minimum Gasteiger partial charge on any atom is -0.327 e. The van der Waals surface area contributed by atoms with Crippen molar-refractivity contribution in [2.24, 2.45) is 5.73 Å². The van der Waals surface area contributed by atoms with E-state index in [1.54, 1.807) is 0 Å². The second-order valence-corrected chi connectivity index (χ2v) is 2.61. The van der Waals surface area contributed by atoms with Crippen molar-refractivity contribution in [3.05, 3.63) is 54.1 Å². The van der Waals surface area contributed by atoms with Gasteiger partial charge in [0.1, 0.15) is 0 Å². The van der Waals surface area contributed by atoms with E-state index in [1.807, 2.05) is 42.5 Å². The van der Waals surface area contributed by atoms with Crippen molar-refractivity contribution in [1.29, 1.82) is 0 Å². The van der Waals surface area contributed by atoms with E-state index in [4.69, 9.17) is 5.73 Å². The van der Waals surface area contributed by atoms with Crippen LogP contribution in [0.1, 0.15) is 5.56 Å². The fraction of sp³-hybridized carbons (Fsp3) is 0.0909. The van der Waals surface area contributed by atoms with Gasteiger partial charge in [-0.05, 0) is 11.1 Å². The summed E-state index contributed by atoms with van der Waals surface area (Å²) in [6, 6.07) is 10.1. The molecule has 0 heterocycles. The quantitative estimate of drug-likeness (QED) is 0.672. The van der Waals surface area contributed by atoms with Gasteiger partial charge in [-0.3, -0.25) is 0 Å². The molecule has 0 spiro atoms. The van der Waals surface area contributed by atoms with Gasteiger partial charge in [-0.25, -0.2) is 0 Å². The molecule has 0 amide bonds. The second-order valence-electron chi connectivity index (χ2n) is 2.61. The Bertz CT molecular complexity index is 272. The van der Waals surface area contributed by atoms with Crippen LogP contribution in [0.4, 0.5) is 0 Å². The van der Waals surface area contributed by atoms with E-state index in [1.165, 1.54) is 5.56 Å². The Morgan fingerprint density at radius 3 is 2.58 bits per heavy atom. The summed E-state index contributed by atoms with van der Waals surface area (Å²) in [5, 5.41) is 0. The first-order valence-electron chi connectivity index (χ1n) is 3.94. The van der Waals surface area contributed by atoms with Crippen LogP contribution in [0.15, 0.2) is 48.6 Å². The smallest absolute Gasteiger partial charge is 0.0172 e. The maximum atomic E-state index is 5.39. The van der Waals surface area contributed by atoms with Gasteiger partial charge in [0, 0.05) is 6.54 Å². The molecule has 1 aromatic rings. The minimum atomic E-state index is 0.517. The third-order valence-electron chi connectivity index (χ3n) is 1.57. The van der Waals surface area contributed by atoms with E-state index in [2.05, 4.69) is 6.58 Å². The summed E-state index contributed by atoms with van der Waals surface area (Å²) >= 11 is 0. The summed E-state index contributed by atoms with van der Waals surface area (Å²) in [6.45, 7) is 4.29. The van der Waals surface area contributed by atoms with Crippen molar-refractivity contribution in [2.45, 2.75) is 0 Å². The topological polar surface area (TPSA) is 26.0 Å². The van der Waals surface area contributed by atoms with Gasteiger partial charge in [0.05, 0.1) is 0 Å². The van der Waals surface area contributed by atoms with Crippen molar-refractivity contribution in [1.82, 2.24) is 0 Å². The molecule has 0 saturated carbocycles. The molecule has 0 aliphatic heterocycles. The van der Waals surface area contributed by atoms with Crippen LogP contribution >= 0.6 is 0 Å². The van der Waals surface area contributed by atoms with E-state index >= 15 is 0 Å². The van der Waals surface area contributed by atoms with Crippen LogP contribution in [-0.4, -0.2) is 6.54 Å². The van der Waals surface area contributed by atoms with Gasteiger partial charge in [-0.15, -0.1) is 0 Å². The van der Waals surface area contributed by atoms with Gasteiger partial charge in [0.25, 0.3) is 0 Å². The molecular weight excluding hydrogens is 146 g/mol. The van der Waals surface area contributed by atoms with E-state index in [0.717, 1.165) is 5.57 Å². The Morgan fingerprint density at radius 1 is 1.33 bits per heavy atom. The highest BCUT2D eigenvalue weighted by Crippen LogP contribution is 2.02. The third kappa shape index (κ3) is 2.72. The van der Waals surface area contributed by atoms with E-state index < -0.39 is 0 Å². The zero-order valence-electron chi connectivity index (χ0n) is 7.03. The Balaban J connectivity index is 2.64. The van der Waals surface area contributed by atoms with Crippen LogP contribution in [0.25, 0.3) is 6.08 Å². The summed E-state index contributed by atoms with van der Waals surface area (Å²) in [5.74, 6) is 0. The maximum absolute atomic E-state index is 5.39. The number of hydrogen-bond acceptors (Lipinski definition) is 1. The molecule has 0 saturated heterocycles. The first-order chi connectivity index (χ1) is 5.83. The number of hydrogen-bond donors (Lipinski definition) is 1. The Labute approximate surface area is 73.2 Å². The summed E-state index contributed by atoms with van der Waals surface area (Å²) in [4.78, 5) is 0. The number of rotatable bonds is 3. The molecule has 0 unspecified atom stereocenters. The summed E-state index contributed by atoms with van der Waals surface area (Å²) in [7, 11) is 0. The van der Waals surface area contributed by atoms with Gasteiger partial charge < -0.3 is 5.73 Å². The molecule has 0 radical (unpaired) electrons. The highest BCUT2D eigenvalue weighted by Gasteiger charge is 1.83. The molecule has 12 heavy (non-hydrogen) atoms. The van der Waals surface area contributed by atoms with E-state index in [-0.39, 0.29) is 0 Å². The summed E-state index contributed by atoms with van der Waals surface area (Å²) in [6.07, 6.45) is 3.95. The SMILES string of the molecule is C=C(/C=C/c1ccccc1)CN. The van der Waals surface area contributed by atoms with Gasteiger partial charge in [-0.2, -0.15) is 0 Å². The van der Waals surface area contributed by atoms with Crippen molar-refractivity contribution in [3.8, 4) is 0 Å². The zero-order chi connectivity index (χ0) is 8.81. The third-order valence-corrected chi connectivity index (χ3v) is 1.57. The molecule has 2 N–H and O–H groups in total. The average molecular weight is 159 g/mol. The number of nitrogens with two attached hydrogens (primary N) is 1. The standard InChI is InChI=1S/C11H13N/c1-10(9-12)7-8-11-5-3-2-4-6-11/h2-8H,1,9,12H2/b8-7+. The number of benzene rings is 1. The second kappa shape index (κ2) is 4.52. The summed E-state index contributed by atoms with van der Waals surface area (Å²) < 4.78 is 0. The van der Waals surface area contributed by atoms with Crippen molar-refractivity contribution in [3.63, 3.8) is 0 Å². The lowest BCUT2D eigenvalue weighted by atomic mass is 10.2. The predicted octanol–water partition coefficient (Wildman–Crippen LogP) is 2.21. The van der Waals surface area contributed by atoms with Gasteiger partial charge in [0.15, 0.2) is 0 Å². The first-order valence-corrected chi connectivity index (χ1v) is 3.94. The van der Waals surface area contributed by atoms with Crippen molar-refractivity contribution in [2.75, 3.05) is 6.54 Å². The molecule has 0 atom stereocenters. The lowest BCUT2D eigenvalue weighted by molar-refractivity contribution is 1.20. The lowest BCUT2D eigenvalue weighted by Crippen LogP contribution is -1.98. The van der Waals surface area contributed by atoms with Gasteiger partial charge >= 0.3 is 0 Å². The van der Waals surface area contributed by atoms with Gasteiger partial charge in [0.2, 0.25) is 0 Å². The van der Waals surface area contributed by atoms with Crippen LogP contribution in [0.3, 0.4) is 0 Å². The van der Waals surface area contributed by atoms with E-state index in [0.29, 0.717) is 6.54 Å². The lowest BCUT2D eigenvalue weighted by Gasteiger charge is -1.92. The highest BCUT2D eigenvalue weighted by molar-refractivity contribution is 5.52. The molecule has 0 aromatic heterocycles. The Hall–Kier alpha value is -1.34. The fourth-order valence-corrected chi connectivity index (χ4v) is 0.846. The van der Waals surface area contributed by atoms with Crippen LogP contribution in [-0.2, 0) is 0 Å². The molecule has 1 nitrogen and oxygen atoms in total. The highest BCUT2D eigenvalue weighted by atomic mass is 14.5. The van der Waals surface area contributed by atoms with Gasteiger partial charge in [-0.1, -0.05) is 49.1 Å². The molecule has 1 rings (SSSR count). The summed E-state index contributed by atoms with van der Waals surface area (Å²) in [5.41, 5.74) is 7.50. The average Bonchev–Trinajstić information content (AvgIpc) is 2.16. The van der Waals surface area contributed by atoms with Crippen molar-refractivity contribution >= 4 is 6.08 Å². The molecule has 0 bridgehead atoms. The molecule has 0 fully saturated rings. The van der Waals surface area contributed by atoms with Crippen molar-refractivity contribution < 1.29 is 0 Å². The van der Waals surface area contributed by atoms with Crippen LogP contribution < -0.4 is 5.73 Å². The molecule has 1 heteroatoms. The molecular formula is C11H13N. The molecule has 1 aromatic carbocycles. The Morgan fingerprint density at radius 2 is 2.00 bits per heavy atom. The predicted molar refractivity (Wildman–Crippen MR) is 53.7 cm³/mol. The Kier molecular flexibility index (Phi) is 3.30. The minimum absolute atomic E-state index is 0.517.